The van der Waals surface area contributed by atoms with Gasteiger partial charge in [-0.15, -0.1) is 5.10 Å². The number of hydrogen-bond acceptors (Lipinski definition) is 8. The van der Waals surface area contributed by atoms with Crippen LogP contribution in [0.15, 0.2) is 59.6 Å². The van der Waals surface area contributed by atoms with E-state index in [2.05, 4.69) is 30.7 Å². The van der Waals surface area contributed by atoms with Crippen molar-refractivity contribution < 1.29 is 9.32 Å². The maximum absolute atomic E-state index is 12.7. The van der Waals surface area contributed by atoms with Crippen LogP contribution in [0.1, 0.15) is 22.2 Å². The van der Waals surface area contributed by atoms with Crippen molar-refractivity contribution in [1.29, 1.82) is 0 Å². The van der Waals surface area contributed by atoms with Crippen LogP contribution in [0, 0.1) is 0 Å². The predicted molar refractivity (Wildman–Crippen MR) is 95.3 cm³/mol. The fourth-order valence-corrected chi connectivity index (χ4v) is 3.06. The second kappa shape index (κ2) is 6.65. The first-order valence-electron chi connectivity index (χ1n) is 8.64. The number of benzene rings is 1. The molecule has 5 rings (SSSR count). The Bertz CT molecular complexity index is 1100. The Morgan fingerprint density at radius 1 is 1.14 bits per heavy atom. The fraction of sp³-hybridized carbons (Fsp3) is 0.167. The van der Waals surface area contributed by atoms with E-state index < -0.39 is 0 Å². The molecule has 1 fully saturated rings. The fourth-order valence-electron chi connectivity index (χ4n) is 3.06. The Labute approximate surface area is 158 Å². The SMILES string of the molecule is O=C(c1cccc(-n2cnnn2)c1)N1CC(c2nc(-c3ccncc3)no2)C1. The number of aromatic nitrogens is 7. The van der Waals surface area contributed by atoms with Crippen molar-refractivity contribution in [3.8, 4) is 17.1 Å². The highest BCUT2D eigenvalue weighted by Gasteiger charge is 2.36. The van der Waals surface area contributed by atoms with Crippen LogP contribution in [-0.4, -0.2) is 59.2 Å². The Kier molecular flexibility index (Phi) is 3.86. The van der Waals surface area contributed by atoms with Crippen LogP contribution in [0.4, 0.5) is 0 Å². The molecule has 0 atom stereocenters. The average Bonchev–Trinajstić information content (AvgIpc) is 3.40. The molecule has 1 amide bonds. The number of carbonyl (C=O) groups excluding carboxylic acids is 1. The van der Waals surface area contributed by atoms with Gasteiger partial charge in [0, 0.05) is 36.6 Å². The molecule has 138 valence electrons. The zero-order valence-corrected chi connectivity index (χ0v) is 14.6. The zero-order valence-electron chi connectivity index (χ0n) is 14.6. The first kappa shape index (κ1) is 16.2. The van der Waals surface area contributed by atoms with Gasteiger partial charge in [0.1, 0.15) is 6.33 Å². The summed E-state index contributed by atoms with van der Waals surface area (Å²) in [6, 6.07) is 10.8. The summed E-state index contributed by atoms with van der Waals surface area (Å²) in [5, 5.41) is 15.1. The molecule has 0 unspecified atom stereocenters. The summed E-state index contributed by atoms with van der Waals surface area (Å²) in [6.07, 6.45) is 4.84. The minimum Gasteiger partial charge on any atom is -0.339 e. The first-order chi connectivity index (χ1) is 13.8. The Balaban J connectivity index is 1.27. The summed E-state index contributed by atoms with van der Waals surface area (Å²) in [4.78, 5) is 22.9. The minimum absolute atomic E-state index is 0.0368. The molecule has 3 aromatic heterocycles. The molecule has 28 heavy (non-hydrogen) atoms. The third kappa shape index (κ3) is 2.90. The van der Waals surface area contributed by atoms with E-state index in [4.69, 9.17) is 4.52 Å². The number of tetrazole rings is 1. The van der Waals surface area contributed by atoms with Gasteiger partial charge in [-0.05, 0) is 40.8 Å². The van der Waals surface area contributed by atoms with Crippen molar-refractivity contribution in [1.82, 2.24) is 40.2 Å². The molecule has 1 aromatic carbocycles. The molecular weight excluding hydrogens is 360 g/mol. The predicted octanol–water partition coefficient (Wildman–Crippen LogP) is 1.35. The molecule has 0 bridgehead atoms. The average molecular weight is 374 g/mol. The summed E-state index contributed by atoms with van der Waals surface area (Å²) in [5.41, 5.74) is 2.15. The maximum atomic E-state index is 12.7. The Morgan fingerprint density at radius 2 is 2.00 bits per heavy atom. The molecule has 0 spiro atoms. The molecule has 0 radical (unpaired) electrons. The number of pyridine rings is 1. The standard InChI is InChI=1S/C18H14N8O2/c27-18(13-2-1-3-15(8-13)26-11-20-23-24-26)25-9-14(10-25)17-21-16(22-28-17)12-4-6-19-7-5-12/h1-8,11,14H,9-10H2. The summed E-state index contributed by atoms with van der Waals surface area (Å²) in [7, 11) is 0. The van der Waals surface area contributed by atoms with Crippen LogP contribution >= 0.6 is 0 Å². The first-order valence-corrected chi connectivity index (χ1v) is 8.64. The molecular formula is C18H14N8O2. The van der Waals surface area contributed by atoms with Crippen LogP contribution in [0.3, 0.4) is 0 Å². The summed E-state index contributed by atoms with van der Waals surface area (Å²) in [6.45, 7) is 1.07. The largest absolute Gasteiger partial charge is 0.339 e. The van der Waals surface area contributed by atoms with E-state index in [1.54, 1.807) is 35.5 Å². The van der Waals surface area contributed by atoms with Crippen molar-refractivity contribution in [3.05, 3.63) is 66.6 Å². The normalized spacial score (nSPS) is 14.1. The van der Waals surface area contributed by atoms with Gasteiger partial charge < -0.3 is 9.42 Å². The maximum Gasteiger partial charge on any atom is 0.253 e. The lowest BCUT2D eigenvalue weighted by molar-refractivity contribution is 0.0569. The van der Waals surface area contributed by atoms with Crippen molar-refractivity contribution in [3.63, 3.8) is 0 Å². The van der Waals surface area contributed by atoms with Gasteiger partial charge in [-0.3, -0.25) is 9.78 Å². The van der Waals surface area contributed by atoms with Gasteiger partial charge in [-0.25, -0.2) is 4.68 Å². The smallest absolute Gasteiger partial charge is 0.253 e. The minimum atomic E-state index is -0.0555. The highest BCUT2D eigenvalue weighted by atomic mass is 16.5. The molecule has 10 nitrogen and oxygen atoms in total. The molecule has 10 heteroatoms. The second-order valence-corrected chi connectivity index (χ2v) is 6.40. The number of amides is 1. The number of carbonyl (C=O) groups is 1. The van der Waals surface area contributed by atoms with E-state index >= 15 is 0 Å². The van der Waals surface area contributed by atoms with Crippen LogP contribution in [0.2, 0.25) is 0 Å². The Morgan fingerprint density at radius 3 is 2.79 bits per heavy atom. The number of rotatable bonds is 4. The number of nitrogens with zero attached hydrogens (tertiary/aromatic N) is 8. The lowest BCUT2D eigenvalue weighted by Gasteiger charge is -2.37. The van der Waals surface area contributed by atoms with Crippen LogP contribution in [-0.2, 0) is 0 Å². The van der Waals surface area contributed by atoms with E-state index in [0.29, 0.717) is 30.4 Å². The summed E-state index contributed by atoms with van der Waals surface area (Å²) in [5.74, 6) is 1.05. The van der Waals surface area contributed by atoms with Crippen LogP contribution < -0.4 is 0 Å². The van der Waals surface area contributed by atoms with Gasteiger partial charge in [0.15, 0.2) is 0 Å². The third-order valence-corrected chi connectivity index (χ3v) is 4.60. The van der Waals surface area contributed by atoms with Gasteiger partial charge in [0.2, 0.25) is 11.7 Å². The van der Waals surface area contributed by atoms with E-state index in [9.17, 15) is 4.79 Å². The van der Waals surface area contributed by atoms with Gasteiger partial charge in [0.25, 0.3) is 5.91 Å². The van der Waals surface area contributed by atoms with E-state index in [1.807, 2.05) is 18.2 Å². The van der Waals surface area contributed by atoms with Crippen molar-refractivity contribution in [2.45, 2.75) is 5.92 Å². The summed E-state index contributed by atoms with van der Waals surface area (Å²) < 4.78 is 6.89. The van der Waals surface area contributed by atoms with E-state index in [-0.39, 0.29) is 11.8 Å². The monoisotopic (exact) mass is 374 g/mol. The highest BCUT2D eigenvalue weighted by Crippen LogP contribution is 2.29. The van der Waals surface area contributed by atoms with Gasteiger partial charge in [-0.1, -0.05) is 11.2 Å². The van der Waals surface area contributed by atoms with E-state index in [0.717, 1.165) is 11.3 Å². The molecule has 0 N–H and O–H groups in total. The van der Waals surface area contributed by atoms with Crippen molar-refractivity contribution >= 4 is 5.91 Å². The molecule has 0 saturated carbocycles. The molecule has 0 aliphatic carbocycles. The second-order valence-electron chi connectivity index (χ2n) is 6.40. The molecule has 1 saturated heterocycles. The highest BCUT2D eigenvalue weighted by molar-refractivity contribution is 5.95. The molecule has 1 aliphatic rings. The number of likely N-dealkylation sites (tertiary alicyclic amines) is 1. The molecule has 1 aliphatic heterocycles. The van der Waals surface area contributed by atoms with Gasteiger partial charge in [-0.2, -0.15) is 4.98 Å². The van der Waals surface area contributed by atoms with Gasteiger partial charge >= 0.3 is 0 Å². The lowest BCUT2D eigenvalue weighted by Crippen LogP contribution is -2.48. The van der Waals surface area contributed by atoms with Crippen LogP contribution in [0.5, 0.6) is 0 Å². The van der Waals surface area contributed by atoms with Crippen LogP contribution in [0.25, 0.3) is 17.1 Å². The van der Waals surface area contributed by atoms with E-state index in [1.165, 1.54) is 11.0 Å². The Hall–Kier alpha value is -3.95. The van der Waals surface area contributed by atoms with Crippen molar-refractivity contribution in [2.24, 2.45) is 0 Å². The zero-order chi connectivity index (χ0) is 18.9. The molecule has 4 aromatic rings. The number of hydrogen-bond donors (Lipinski definition) is 0. The lowest BCUT2D eigenvalue weighted by atomic mass is 9.98. The quantitative estimate of drug-likeness (QED) is 0.525. The van der Waals surface area contributed by atoms with Gasteiger partial charge in [0.05, 0.1) is 11.6 Å². The topological polar surface area (TPSA) is 116 Å². The summed E-state index contributed by atoms with van der Waals surface area (Å²) >= 11 is 0. The van der Waals surface area contributed by atoms with Crippen molar-refractivity contribution in [2.75, 3.05) is 13.1 Å². The third-order valence-electron chi connectivity index (χ3n) is 4.60. The molecule has 4 heterocycles.